The Morgan fingerprint density at radius 2 is 1.81 bits per heavy atom. The lowest BCUT2D eigenvalue weighted by Gasteiger charge is -2.29. The maximum absolute atomic E-state index is 13.2. The minimum Gasteiger partial charge on any atom is -0.306 e. The van der Waals surface area contributed by atoms with Gasteiger partial charge in [0.05, 0.1) is 20.8 Å². The van der Waals surface area contributed by atoms with E-state index in [1.165, 1.54) is 23.5 Å². The fourth-order valence-electron chi connectivity index (χ4n) is 4.94. The smallest absolute Gasteiger partial charge is 0.256 e. The summed E-state index contributed by atoms with van der Waals surface area (Å²) in [6, 6.07) is 14.1. The third kappa shape index (κ3) is 4.12. The number of hydrogen-bond donors (Lipinski definition) is 1. The normalized spacial score (nSPS) is 16.9. The van der Waals surface area contributed by atoms with Crippen molar-refractivity contribution in [2.24, 2.45) is 5.92 Å². The Balaban J connectivity index is 1.26. The summed E-state index contributed by atoms with van der Waals surface area (Å²) in [7, 11) is -3.56. The number of nitrogens with zero attached hydrogens (tertiary/aromatic N) is 4. The van der Waals surface area contributed by atoms with Gasteiger partial charge in [-0.05, 0) is 74.4 Å². The first-order chi connectivity index (χ1) is 17.4. The summed E-state index contributed by atoms with van der Waals surface area (Å²) >= 11 is 1.53. The number of amides is 1. The second-order valence-electron chi connectivity index (χ2n) is 9.57. The third-order valence-electron chi connectivity index (χ3n) is 7.10. The van der Waals surface area contributed by atoms with Crippen LogP contribution in [0.1, 0.15) is 47.8 Å². The number of carbonyl (C=O) groups is 1. The lowest BCUT2D eigenvalue weighted by Crippen LogP contribution is -2.37. The van der Waals surface area contributed by atoms with Crippen molar-refractivity contribution < 1.29 is 13.2 Å². The lowest BCUT2D eigenvalue weighted by molar-refractivity contribution is 0.102. The van der Waals surface area contributed by atoms with Crippen molar-refractivity contribution in [3.05, 3.63) is 65.4 Å². The molecule has 0 radical (unpaired) electrons. The number of anilines is 1. The molecule has 1 saturated heterocycles. The van der Waals surface area contributed by atoms with Crippen LogP contribution in [0.5, 0.6) is 0 Å². The summed E-state index contributed by atoms with van der Waals surface area (Å²) in [6.45, 7) is 3.22. The predicted molar refractivity (Wildman–Crippen MR) is 140 cm³/mol. The van der Waals surface area contributed by atoms with Crippen molar-refractivity contribution in [2.75, 3.05) is 18.4 Å². The predicted octanol–water partition coefficient (Wildman–Crippen LogP) is 4.64. The molecule has 1 aliphatic heterocycles. The van der Waals surface area contributed by atoms with Gasteiger partial charge in [0.25, 0.3) is 5.91 Å². The molecule has 6 rings (SSSR count). The molecule has 0 spiro atoms. The van der Waals surface area contributed by atoms with Gasteiger partial charge in [0.1, 0.15) is 5.82 Å². The van der Waals surface area contributed by atoms with Crippen molar-refractivity contribution in [3.8, 4) is 5.13 Å². The number of aromatic nitrogens is 3. The van der Waals surface area contributed by atoms with Crippen LogP contribution >= 0.6 is 11.3 Å². The van der Waals surface area contributed by atoms with Crippen LogP contribution in [0.25, 0.3) is 15.3 Å². The monoisotopic (exact) mass is 521 g/mol. The molecule has 10 heteroatoms. The fraction of sp³-hybridized carbons (Fsp3) is 0.346. The van der Waals surface area contributed by atoms with Crippen LogP contribution in [0.3, 0.4) is 0 Å². The molecule has 0 atom stereocenters. The molecule has 0 saturated carbocycles. The van der Waals surface area contributed by atoms with Crippen molar-refractivity contribution >= 4 is 43.3 Å². The highest BCUT2D eigenvalue weighted by molar-refractivity contribution is 7.89. The fourth-order valence-corrected chi connectivity index (χ4v) is 7.34. The van der Waals surface area contributed by atoms with Crippen LogP contribution in [0.15, 0.2) is 53.4 Å². The first-order valence-electron chi connectivity index (χ1n) is 12.3. The average molecular weight is 522 g/mol. The molecule has 1 fully saturated rings. The summed E-state index contributed by atoms with van der Waals surface area (Å²) in [5, 5.41) is 8.52. The van der Waals surface area contributed by atoms with E-state index >= 15 is 0 Å². The van der Waals surface area contributed by atoms with Gasteiger partial charge >= 0.3 is 0 Å². The van der Waals surface area contributed by atoms with Crippen LogP contribution in [-0.2, 0) is 22.9 Å². The average Bonchev–Trinajstić information content (AvgIpc) is 3.60. The minimum atomic E-state index is -3.56. The van der Waals surface area contributed by atoms with Crippen LogP contribution in [0.4, 0.5) is 5.82 Å². The molecular formula is C26H27N5O3S2. The molecule has 2 aromatic heterocycles. The second kappa shape index (κ2) is 9.10. The molecule has 1 amide bonds. The Kier molecular flexibility index (Phi) is 5.89. The molecular weight excluding hydrogens is 494 g/mol. The summed E-state index contributed by atoms with van der Waals surface area (Å²) < 4.78 is 30.4. The van der Waals surface area contributed by atoms with Crippen molar-refractivity contribution in [3.63, 3.8) is 0 Å². The first kappa shape index (κ1) is 23.3. The zero-order chi connectivity index (χ0) is 24.9. The number of rotatable bonds is 5. The van der Waals surface area contributed by atoms with Gasteiger partial charge in [0.2, 0.25) is 15.2 Å². The summed E-state index contributed by atoms with van der Waals surface area (Å²) in [5.74, 6) is 0.883. The van der Waals surface area contributed by atoms with E-state index < -0.39 is 10.0 Å². The van der Waals surface area contributed by atoms with Crippen molar-refractivity contribution in [2.45, 2.75) is 43.9 Å². The molecule has 2 aliphatic rings. The highest BCUT2D eigenvalue weighted by Crippen LogP contribution is 2.34. The Hall–Kier alpha value is -3.08. The van der Waals surface area contributed by atoms with Crippen molar-refractivity contribution in [1.29, 1.82) is 0 Å². The number of piperidine rings is 1. The Bertz CT molecular complexity index is 1520. The van der Waals surface area contributed by atoms with Gasteiger partial charge in [-0.1, -0.05) is 30.4 Å². The van der Waals surface area contributed by atoms with E-state index in [1.54, 1.807) is 21.1 Å². The maximum atomic E-state index is 13.2. The largest absolute Gasteiger partial charge is 0.306 e. The highest BCUT2D eigenvalue weighted by Gasteiger charge is 2.29. The van der Waals surface area contributed by atoms with Crippen LogP contribution in [-0.4, -0.2) is 46.5 Å². The van der Waals surface area contributed by atoms with E-state index in [9.17, 15) is 13.2 Å². The van der Waals surface area contributed by atoms with Gasteiger partial charge < -0.3 is 5.32 Å². The number of benzene rings is 2. The van der Waals surface area contributed by atoms with Gasteiger partial charge in [0.15, 0.2) is 0 Å². The topological polar surface area (TPSA) is 97.2 Å². The first-order valence-corrected chi connectivity index (χ1v) is 14.5. The minimum absolute atomic E-state index is 0.217. The Labute approximate surface area is 214 Å². The summed E-state index contributed by atoms with van der Waals surface area (Å²) in [5.41, 5.74) is 3.32. The SMILES string of the molecule is CC1CCN(S(=O)(=O)c2ccc(C(=O)Nc3c4c(nn3-c3nc5ccccc5s3)CCC4)cc2)CC1. The molecule has 3 heterocycles. The number of nitrogens with one attached hydrogen (secondary N) is 1. The maximum Gasteiger partial charge on any atom is 0.256 e. The third-order valence-corrected chi connectivity index (χ3v) is 10.0. The quantitative estimate of drug-likeness (QED) is 0.413. The van der Waals surface area contributed by atoms with E-state index in [0.717, 1.165) is 53.6 Å². The molecule has 4 aromatic rings. The number of sulfonamides is 1. The Morgan fingerprint density at radius 3 is 2.56 bits per heavy atom. The number of fused-ring (bicyclic) bond motifs is 2. The van der Waals surface area contributed by atoms with Crippen molar-refractivity contribution in [1.82, 2.24) is 19.1 Å². The van der Waals surface area contributed by atoms with E-state index in [1.807, 2.05) is 24.3 Å². The van der Waals surface area contributed by atoms with Gasteiger partial charge in [-0.25, -0.2) is 13.4 Å². The van der Waals surface area contributed by atoms with E-state index in [4.69, 9.17) is 10.1 Å². The standard InChI is InChI=1S/C26H27N5O3S2/c1-17-13-15-30(16-14-17)36(33,34)19-11-9-18(10-12-19)25(32)28-24-20-5-4-7-21(20)29-31(24)26-27-22-6-2-3-8-23(22)35-26/h2-3,6,8-12,17H,4-5,7,13-16H2,1H3,(H,28,32). The Morgan fingerprint density at radius 1 is 1.06 bits per heavy atom. The zero-order valence-electron chi connectivity index (χ0n) is 20.0. The van der Waals surface area contributed by atoms with Crippen LogP contribution in [0.2, 0.25) is 0 Å². The highest BCUT2D eigenvalue weighted by atomic mass is 32.2. The van der Waals surface area contributed by atoms with Crippen LogP contribution < -0.4 is 5.32 Å². The molecule has 2 aromatic carbocycles. The summed E-state index contributed by atoms with van der Waals surface area (Å²) in [4.78, 5) is 18.2. The molecule has 8 nitrogen and oxygen atoms in total. The summed E-state index contributed by atoms with van der Waals surface area (Å²) in [6.07, 6.45) is 4.46. The van der Waals surface area contributed by atoms with E-state index in [2.05, 4.69) is 12.2 Å². The van der Waals surface area contributed by atoms with E-state index in [-0.39, 0.29) is 10.8 Å². The molecule has 1 N–H and O–H groups in total. The van der Waals surface area contributed by atoms with Gasteiger partial charge in [-0.2, -0.15) is 14.1 Å². The number of hydrogen-bond acceptors (Lipinski definition) is 6. The van der Waals surface area contributed by atoms with Gasteiger partial charge in [-0.15, -0.1) is 0 Å². The van der Waals surface area contributed by atoms with Crippen LogP contribution in [0, 0.1) is 5.92 Å². The second-order valence-corrected chi connectivity index (χ2v) is 12.5. The molecule has 36 heavy (non-hydrogen) atoms. The van der Waals surface area contributed by atoms with E-state index in [0.29, 0.717) is 35.5 Å². The number of para-hydroxylation sites is 1. The number of thiazole rings is 1. The molecule has 186 valence electrons. The van der Waals surface area contributed by atoms with Gasteiger partial charge in [0, 0.05) is 24.2 Å². The molecule has 0 bridgehead atoms. The number of carbonyl (C=O) groups excluding carboxylic acids is 1. The molecule has 1 aliphatic carbocycles. The molecule has 0 unspecified atom stereocenters. The van der Waals surface area contributed by atoms with Gasteiger partial charge in [-0.3, -0.25) is 4.79 Å². The zero-order valence-corrected chi connectivity index (χ0v) is 21.6. The lowest BCUT2D eigenvalue weighted by atomic mass is 10.0. The number of aryl methyl sites for hydroxylation is 1.